The number of rotatable bonds is 7. The average Bonchev–Trinajstić information content (AvgIpc) is 2.85. The monoisotopic (exact) mass is 329 g/mol. The van der Waals surface area contributed by atoms with Crippen molar-refractivity contribution < 1.29 is 4.74 Å². The summed E-state index contributed by atoms with van der Waals surface area (Å²) in [4.78, 5) is 4.52. The predicted octanol–water partition coefficient (Wildman–Crippen LogP) is 3.04. The molecule has 0 bridgehead atoms. The second-order valence-electron chi connectivity index (χ2n) is 6.18. The molecule has 2 aromatic heterocycles. The largest absolute Gasteiger partial charge is 0.478 e. The molecule has 1 aliphatic rings. The summed E-state index contributed by atoms with van der Waals surface area (Å²) in [6.45, 7) is 6.51. The van der Waals surface area contributed by atoms with Crippen molar-refractivity contribution in [3.63, 3.8) is 0 Å². The number of nitrogens with zero attached hydrogens (tertiary/aromatic N) is 4. The summed E-state index contributed by atoms with van der Waals surface area (Å²) < 4.78 is 7.79. The van der Waals surface area contributed by atoms with E-state index in [1.54, 1.807) is 0 Å². The molecule has 0 spiro atoms. The van der Waals surface area contributed by atoms with E-state index in [-0.39, 0.29) is 6.04 Å². The third-order valence-corrected chi connectivity index (χ3v) is 4.46. The van der Waals surface area contributed by atoms with Crippen LogP contribution in [0.15, 0.2) is 18.2 Å². The molecule has 0 saturated carbocycles. The zero-order valence-corrected chi connectivity index (χ0v) is 14.7. The molecule has 0 radical (unpaired) electrons. The number of hydrogen-bond donors (Lipinski definition) is 1. The summed E-state index contributed by atoms with van der Waals surface area (Å²) >= 11 is 0. The zero-order chi connectivity index (χ0) is 16.8. The van der Waals surface area contributed by atoms with Crippen LogP contribution in [-0.4, -0.2) is 26.4 Å². The Bertz CT molecular complexity index is 655. The second kappa shape index (κ2) is 8.24. The van der Waals surface area contributed by atoms with Crippen molar-refractivity contribution in [3.05, 3.63) is 35.5 Å². The fourth-order valence-corrected chi connectivity index (χ4v) is 3.20. The Morgan fingerprint density at radius 2 is 2.12 bits per heavy atom. The minimum Gasteiger partial charge on any atom is -0.478 e. The molecule has 0 amide bonds. The van der Waals surface area contributed by atoms with Crippen molar-refractivity contribution in [2.75, 3.05) is 6.61 Å². The highest BCUT2D eigenvalue weighted by atomic mass is 16.5. The first-order valence-electron chi connectivity index (χ1n) is 9.06. The molecule has 3 rings (SSSR count). The van der Waals surface area contributed by atoms with Crippen molar-refractivity contribution in [1.29, 1.82) is 0 Å². The lowest BCUT2D eigenvalue weighted by atomic mass is 10.2. The fraction of sp³-hybridized carbons (Fsp3) is 0.611. The van der Waals surface area contributed by atoms with E-state index in [4.69, 9.17) is 4.74 Å². The van der Waals surface area contributed by atoms with Gasteiger partial charge in [-0.1, -0.05) is 19.4 Å². The third-order valence-electron chi connectivity index (χ3n) is 4.46. The van der Waals surface area contributed by atoms with Gasteiger partial charge in [-0.3, -0.25) is 0 Å². The minimum absolute atomic E-state index is 0.196. The van der Waals surface area contributed by atoms with Crippen molar-refractivity contribution in [2.24, 2.45) is 0 Å². The first kappa shape index (κ1) is 16.9. The number of pyridine rings is 1. The van der Waals surface area contributed by atoms with E-state index in [1.165, 1.54) is 19.3 Å². The molecule has 24 heavy (non-hydrogen) atoms. The molecule has 1 aliphatic heterocycles. The van der Waals surface area contributed by atoms with Gasteiger partial charge in [-0.15, -0.1) is 10.2 Å². The summed E-state index contributed by atoms with van der Waals surface area (Å²) in [7, 11) is 0. The van der Waals surface area contributed by atoms with E-state index in [0.29, 0.717) is 19.0 Å². The lowest BCUT2D eigenvalue weighted by Gasteiger charge is -2.18. The van der Waals surface area contributed by atoms with Gasteiger partial charge in [0.2, 0.25) is 5.88 Å². The molecular weight excluding hydrogens is 302 g/mol. The Labute approximate surface area is 143 Å². The number of nitrogens with one attached hydrogen (secondary N) is 1. The molecular formula is C18H27N5O. The summed E-state index contributed by atoms with van der Waals surface area (Å²) in [6.07, 6.45) is 5.73. The van der Waals surface area contributed by atoms with Gasteiger partial charge < -0.3 is 14.6 Å². The molecule has 0 aromatic carbocycles. The Morgan fingerprint density at radius 1 is 1.21 bits per heavy atom. The normalized spacial score (nSPS) is 15.6. The average molecular weight is 329 g/mol. The fourth-order valence-electron chi connectivity index (χ4n) is 3.20. The van der Waals surface area contributed by atoms with Crippen LogP contribution >= 0.6 is 0 Å². The Kier molecular flexibility index (Phi) is 5.80. The Hall–Kier alpha value is -1.95. The minimum atomic E-state index is 0.196. The van der Waals surface area contributed by atoms with E-state index >= 15 is 0 Å². The first-order chi connectivity index (χ1) is 11.8. The first-order valence-corrected chi connectivity index (χ1v) is 9.06. The Morgan fingerprint density at radius 3 is 2.96 bits per heavy atom. The maximum atomic E-state index is 5.47. The van der Waals surface area contributed by atoms with E-state index in [1.807, 2.05) is 25.1 Å². The van der Waals surface area contributed by atoms with Crippen molar-refractivity contribution >= 4 is 0 Å². The molecule has 1 N–H and O–H groups in total. The standard InChI is InChI=1S/C18H27N5O/c1-3-15(18-22-21-16-10-6-5-7-12-23(16)18)19-13-14-9-8-11-17(20-14)24-4-2/h8-9,11,15,19H,3-7,10,12-13H2,1-2H3. The van der Waals surface area contributed by atoms with Gasteiger partial charge in [-0.25, -0.2) is 4.98 Å². The molecule has 0 saturated heterocycles. The van der Waals surface area contributed by atoms with Crippen LogP contribution in [0.25, 0.3) is 0 Å². The predicted molar refractivity (Wildman–Crippen MR) is 92.9 cm³/mol. The SMILES string of the molecule is CCOc1cccc(CNC(CC)c2nnc3n2CCCCC3)n1. The molecule has 6 nitrogen and oxygen atoms in total. The quantitative estimate of drug-likeness (QED) is 0.846. The Balaban J connectivity index is 1.69. The van der Waals surface area contributed by atoms with Gasteiger partial charge in [0.25, 0.3) is 0 Å². The summed E-state index contributed by atoms with van der Waals surface area (Å²) in [5, 5.41) is 12.5. The molecule has 1 unspecified atom stereocenters. The smallest absolute Gasteiger partial charge is 0.213 e. The van der Waals surface area contributed by atoms with E-state index in [0.717, 1.165) is 36.7 Å². The van der Waals surface area contributed by atoms with Gasteiger partial charge in [0.05, 0.1) is 18.3 Å². The highest BCUT2D eigenvalue weighted by Crippen LogP contribution is 2.21. The highest BCUT2D eigenvalue weighted by Gasteiger charge is 2.20. The van der Waals surface area contributed by atoms with Crippen LogP contribution in [0, 0.1) is 0 Å². The van der Waals surface area contributed by atoms with Crippen LogP contribution in [0.5, 0.6) is 5.88 Å². The van der Waals surface area contributed by atoms with Gasteiger partial charge in [0, 0.05) is 25.6 Å². The number of aromatic nitrogens is 4. The molecule has 130 valence electrons. The van der Waals surface area contributed by atoms with Crippen molar-refractivity contribution in [2.45, 2.75) is 65.1 Å². The number of hydrogen-bond acceptors (Lipinski definition) is 5. The molecule has 3 heterocycles. The van der Waals surface area contributed by atoms with Gasteiger partial charge in [-0.2, -0.15) is 0 Å². The van der Waals surface area contributed by atoms with Gasteiger partial charge in [0.15, 0.2) is 0 Å². The number of aryl methyl sites for hydroxylation is 1. The van der Waals surface area contributed by atoms with Gasteiger partial charge in [-0.05, 0) is 32.3 Å². The second-order valence-corrected chi connectivity index (χ2v) is 6.18. The molecule has 2 aromatic rings. The highest BCUT2D eigenvalue weighted by molar-refractivity contribution is 5.16. The lowest BCUT2D eigenvalue weighted by Crippen LogP contribution is -2.24. The lowest BCUT2D eigenvalue weighted by molar-refractivity contribution is 0.325. The van der Waals surface area contributed by atoms with Crippen LogP contribution in [0.2, 0.25) is 0 Å². The maximum absolute atomic E-state index is 5.47. The van der Waals surface area contributed by atoms with Crippen LogP contribution in [0.3, 0.4) is 0 Å². The van der Waals surface area contributed by atoms with E-state index in [9.17, 15) is 0 Å². The van der Waals surface area contributed by atoms with Crippen LogP contribution in [0.1, 0.15) is 62.9 Å². The molecule has 0 fully saturated rings. The molecule has 1 atom stereocenters. The summed E-state index contributed by atoms with van der Waals surface area (Å²) in [5.41, 5.74) is 0.981. The number of fused-ring (bicyclic) bond motifs is 1. The third kappa shape index (κ3) is 3.93. The van der Waals surface area contributed by atoms with E-state index < -0.39 is 0 Å². The van der Waals surface area contributed by atoms with Gasteiger partial charge >= 0.3 is 0 Å². The van der Waals surface area contributed by atoms with Gasteiger partial charge in [0.1, 0.15) is 11.6 Å². The topological polar surface area (TPSA) is 64.9 Å². The van der Waals surface area contributed by atoms with Crippen molar-refractivity contribution in [3.8, 4) is 5.88 Å². The van der Waals surface area contributed by atoms with E-state index in [2.05, 4.69) is 32.0 Å². The molecule has 0 aliphatic carbocycles. The molecule has 6 heteroatoms. The summed E-state index contributed by atoms with van der Waals surface area (Å²) in [5.74, 6) is 2.88. The maximum Gasteiger partial charge on any atom is 0.213 e. The zero-order valence-electron chi connectivity index (χ0n) is 14.7. The van der Waals surface area contributed by atoms with Crippen LogP contribution < -0.4 is 10.1 Å². The van der Waals surface area contributed by atoms with Crippen LogP contribution in [0.4, 0.5) is 0 Å². The van der Waals surface area contributed by atoms with Crippen LogP contribution in [-0.2, 0) is 19.5 Å². The summed E-state index contributed by atoms with van der Waals surface area (Å²) in [6, 6.07) is 6.09. The number of ether oxygens (including phenoxy) is 1. The van der Waals surface area contributed by atoms with Crippen molar-refractivity contribution in [1.82, 2.24) is 25.1 Å².